The summed E-state index contributed by atoms with van der Waals surface area (Å²) < 4.78 is 19.2. The van der Waals surface area contributed by atoms with Gasteiger partial charge in [0.25, 0.3) is 0 Å². The molecule has 0 aromatic carbocycles. The highest BCUT2D eigenvalue weighted by atomic mass is 19.1. The zero-order chi connectivity index (χ0) is 19.8. The summed E-state index contributed by atoms with van der Waals surface area (Å²) >= 11 is 0. The number of allylic oxidation sites excluding steroid dienone is 3. The first kappa shape index (κ1) is 20.0. The Hall–Kier alpha value is -2.76. The number of fused-ring (bicyclic) bond motifs is 1. The molecule has 0 atom stereocenters. The molecular weight excluding hydrogens is 359 g/mol. The Bertz CT molecular complexity index is 805. The van der Waals surface area contributed by atoms with Gasteiger partial charge in [-0.3, -0.25) is 20.2 Å². The maximum Gasteiger partial charge on any atom is 0.182 e. The van der Waals surface area contributed by atoms with E-state index < -0.39 is 5.82 Å². The van der Waals surface area contributed by atoms with Gasteiger partial charge in [-0.25, -0.2) is 4.39 Å². The van der Waals surface area contributed by atoms with Crippen LogP contribution in [0.3, 0.4) is 0 Å². The van der Waals surface area contributed by atoms with Crippen molar-refractivity contribution in [3.05, 3.63) is 47.6 Å². The van der Waals surface area contributed by atoms with E-state index in [1.807, 2.05) is 25.2 Å². The fourth-order valence-electron chi connectivity index (χ4n) is 3.13. The third-order valence-corrected chi connectivity index (χ3v) is 4.79. The van der Waals surface area contributed by atoms with Crippen molar-refractivity contribution in [2.24, 2.45) is 5.10 Å². The van der Waals surface area contributed by atoms with E-state index >= 15 is 0 Å². The van der Waals surface area contributed by atoms with E-state index in [9.17, 15) is 4.39 Å². The van der Waals surface area contributed by atoms with E-state index in [1.54, 1.807) is 0 Å². The first-order chi connectivity index (χ1) is 13.7. The maximum absolute atomic E-state index is 13.8. The molecule has 28 heavy (non-hydrogen) atoms. The summed E-state index contributed by atoms with van der Waals surface area (Å²) in [5.74, 6) is -0.215. The Labute approximate surface area is 164 Å². The van der Waals surface area contributed by atoms with Gasteiger partial charge < -0.3 is 4.74 Å². The number of nitrogens with zero attached hydrogens (tertiary/aromatic N) is 5. The molecule has 0 saturated carbocycles. The Morgan fingerprint density at radius 3 is 2.93 bits per heavy atom. The smallest absolute Gasteiger partial charge is 0.182 e. The SMILES string of the molecule is C/C=C(C#N)\C=C/CN1CCN(CN/N=C2/CCOc3c(F)ccnc32)CC1. The standard InChI is InChI=1S/C20H25FN6O/c1-2-16(14-22)4-3-8-26-9-11-27(12-10-26)15-24-25-18-6-13-28-20-17(21)5-7-23-19(18)20/h2-5,7,24H,6,8-13,15H2,1H3/b4-3-,16-2+,25-18-. The Balaban J connectivity index is 1.44. The second-order valence-corrected chi connectivity index (χ2v) is 6.62. The summed E-state index contributed by atoms with van der Waals surface area (Å²) in [6, 6.07) is 3.44. The molecule has 1 saturated heterocycles. The summed E-state index contributed by atoms with van der Waals surface area (Å²) in [6.45, 7) is 7.55. The summed E-state index contributed by atoms with van der Waals surface area (Å²) in [7, 11) is 0. The molecule has 0 amide bonds. The van der Waals surface area contributed by atoms with E-state index in [1.165, 1.54) is 12.3 Å². The highest BCUT2D eigenvalue weighted by Gasteiger charge is 2.22. The van der Waals surface area contributed by atoms with Crippen LogP contribution < -0.4 is 10.2 Å². The number of nitriles is 1. The summed E-state index contributed by atoms with van der Waals surface area (Å²) in [5, 5.41) is 13.3. The van der Waals surface area contributed by atoms with E-state index in [0.29, 0.717) is 31.0 Å². The number of hydrogen-bond donors (Lipinski definition) is 1. The number of nitrogens with one attached hydrogen (secondary N) is 1. The fraction of sp³-hybridized carbons (Fsp3) is 0.450. The maximum atomic E-state index is 13.8. The Morgan fingerprint density at radius 2 is 2.18 bits per heavy atom. The molecule has 1 aromatic heterocycles. The molecule has 8 heteroatoms. The lowest BCUT2D eigenvalue weighted by molar-refractivity contribution is 0.135. The van der Waals surface area contributed by atoms with Crippen molar-refractivity contribution in [2.45, 2.75) is 13.3 Å². The third kappa shape index (κ3) is 5.15. The van der Waals surface area contributed by atoms with Crippen LogP contribution in [-0.4, -0.2) is 66.5 Å². The highest BCUT2D eigenvalue weighted by Crippen LogP contribution is 2.25. The third-order valence-electron chi connectivity index (χ3n) is 4.79. The number of pyridine rings is 1. The normalized spacial score (nSPS) is 20.0. The molecule has 3 rings (SSSR count). The predicted octanol–water partition coefficient (Wildman–Crippen LogP) is 1.90. The molecule has 0 aliphatic carbocycles. The minimum atomic E-state index is -0.404. The first-order valence-corrected chi connectivity index (χ1v) is 9.46. The van der Waals surface area contributed by atoms with E-state index in [4.69, 9.17) is 10.00 Å². The summed E-state index contributed by atoms with van der Waals surface area (Å²) in [4.78, 5) is 8.84. The lowest BCUT2D eigenvalue weighted by atomic mass is 10.1. The molecule has 1 N–H and O–H groups in total. The second-order valence-electron chi connectivity index (χ2n) is 6.62. The lowest BCUT2D eigenvalue weighted by Gasteiger charge is -2.33. The monoisotopic (exact) mass is 384 g/mol. The van der Waals surface area contributed by atoms with Crippen molar-refractivity contribution < 1.29 is 9.13 Å². The largest absolute Gasteiger partial charge is 0.488 e. The molecule has 0 spiro atoms. The minimum Gasteiger partial charge on any atom is -0.488 e. The number of ether oxygens (including phenoxy) is 1. The molecular formula is C20H25FN6O. The van der Waals surface area contributed by atoms with Crippen LogP contribution in [0.4, 0.5) is 4.39 Å². The van der Waals surface area contributed by atoms with Crippen LogP contribution in [0.2, 0.25) is 0 Å². The van der Waals surface area contributed by atoms with Crippen molar-refractivity contribution in [3.63, 3.8) is 0 Å². The van der Waals surface area contributed by atoms with Crippen molar-refractivity contribution in [3.8, 4) is 11.8 Å². The van der Waals surface area contributed by atoms with E-state index in [-0.39, 0.29) is 5.75 Å². The van der Waals surface area contributed by atoms with Gasteiger partial charge in [-0.1, -0.05) is 12.2 Å². The molecule has 0 bridgehead atoms. The molecule has 2 aliphatic rings. The lowest BCUT2D eigenvalue weighted by Crippen LogP contribution is -2.48. The van der Waals surface area contributed by atoms with Crippen LogP contribution in [-0.2, 0) is 0 Å². The van der Waals surface area contributed by atoms with Gasteiger partial charge in [-0.05, 0) is 19.1 Å². The molecule has 1 aromatic rings. The number of rotatable bonds is 6. The minimum absolute atomic E-state index is 0.188. The number of hydrazone groups is 1. The first-order valence-electron chi connectivity index (χ1n) is 9.46. The zero-order valence-electron chi connectivity index (χ0n) is 16.1. The molecule has 148 valence electrons. The molecule has 0 unspecified atom stereocenters. The van der Waals surface area contributed by atoms with Gasteiger partial charge in [0.1, 0.15) is 5.69 Å². The number of halogens is 1. The highest BCUT2D eigenvalue weighted by molar-refractivity contribution is 6.01. The van der Waals surface area contributed by atoms with Crippen LogP contribution in [0.15, 0.2) is 41.2 Å². The number of hydrogen-bond acceptors (Lipinski definition) is 7. The molecule has 7 nitrogen and oxygen atoms in total. The average molecular weight is 384 g/mol. The predicted molar refractivity (Wildman–Crippen MR) is 105 cm³/mol. The van der Waals surface area contributed by atoms with Crippen LogP contribution in [0.5, 0.6) is 5.75 Å². The molecule has 1 fully saturated rings. The summed E-state index contributed by atoms with van der Waals surface area (Å²) in [6.07, 6.45) is 7.75. The average Bonchev–Trinajstić information content (AvgIpc) is 2.73. The number of piperazine rings is 1. The van der Waals surface area contributed by atoms with Crippen LogP contribution in [0.1, 0.15) is 19.0 Å². The Morgan fingerprint density at radius 1 is 1.39 bits per heavy atom. The van der Waals surface area contributed by atoms with E-state index in [0.717, 1.165) is 38.4 Å². The molecule has 0 radical (unpaired) electrons. The van der Waals surface area contributed by atoms with Crippen LogP contribution >= 0.6 is 0 Å². The van der Waals surface area contributed by atoms with Crippen molar-refractivity contribution in [1.82, 2.24) is 20.2 Å². The van der Waals surface area contributed by atoms with E-state index in [2.05, 4.69) is 31.4 Å². The summed E-state index contributed by atoms with van der Waals surface area (Å²) in [5.41, 5.74) is 4.98. The number of aromatic nitrogens is 1. The van der Waals surface area contributed by atoms with Crippen LogP contribution in [0.25, 0.3) is 0 Å². The van der Waals surface area contributed by atoms with Gasteiger partial charge in [0.2, 0.25) is 0 Å². The van der Waals surface area contributed by atoms with Crippen molar-refractivity contribution in [1.29, 1.82) is 5.26 Å². The fourth-order valence-corrected chi connectivity index (χ4v) is 3.13. The quantitative estimate of drug-likeness (QED) is 0.459. The van der Waals surface area contributed by atoms with Gasteiger partial charge in [-0.2, -0.15) is 10.4 Å². The Kier molecular flexibility index (Phi) is 7.12. The van der Waals surface area contributed by atoms with Crippen molar-refractivity contribution >= 4 is 5.71 Å². The second kappa shape index (κ2) is 9.97. The van der Waals surface area contributed by atoms with Crippen LogP contribution in [0, 0.1) is 17.1 Å². The van der Waals surface area contributed by atoms with Gasteiger partial charge in [0, 0.05) is 50.9 Å². The van der Waals surface area contributed by atoms with Gasteiger partial charge in [-0.15, -0.1) is 0 Å². The van der Waals surface area contributed by atoms with Gasteiger partial charge in [0.15, 0.2) is 11.6 Å². The molecule has 3 heterocycles. The molecule has 2 aliphatic heterocycles. The van der Waals surface area contributed by atoms with Gasteiger partial charge >= 0.3 is 0 Å². The van der Waals surface area contributed by atoms with Crippen molar-refractivity contribution in [2.75, 3.05) is 46.0 Å². The zero-order valence-corrected chi connectivity index (χ0v) is 16.1. The topological polar surface area (TPSA) is 76.8 Å². The van der Waals surface area contributed by atoms with Gasteiger partial charge in [0.05, 0.1) is 25.1 Å².